The molecule has 0 aliphatic rings. The van der Waals surface area contributed by atoms with Crippen molar-refractivity contribution in [1.82, 2.24) is 49.1 Å². The summed E-state index contributed by atoms with van der Waals surface area (Å²) in [6, 6.07) is 21.5. The van der Waals surface area contributed by atoms with Crippen molar-refractivity contribution in [3.8, 4) is 22.5 Å². The normalized spacial score (nSPS) is 11.9. The number of rotatable bonds is 10. The van der Waals surface area contributed by atoms with Gasteiger partial charge in [0.05, 0.1) is 61.6 Å². The fourth-order valence-corrected chi connectivity index (χ4v) is 7.13. The van der Waals surface area contributed by atoms with Gasteiger partial charge >= 0.3 is 0 Å². The Morgan fingerprint density at radius 3 is 1.68 bits per heavy atom. The molecule has 0 amide bonds. The fraction of sp³-hybridized carbons (Fsp3) is 0.136. The molecule has 10 rings (SSSR count). The summed E-state index contributed by atoms with van der Waals surface area (Å²) in [5.41, 5.74) is 12.9. The van der Waals surface area contributed by atoms with Gasteiger partial charge in [-0.25, -0.2) is 23.3 Å². The van der Waals surface area contributed by atoms with Crippen LogP contribution < -0.4 is 11.1 Å². The summed E-state index contributed by atoms with van der Waals surface area (Å²) >= 11 is 6.09. The second-order valence-electron chi connectivity index (χ2n) is 14.1. The average Bonchev–Trinajstić information content (AvgIpc) is 4.13. The molecule has 0 saturated heterocycles. The highest BCUT2D eigenvalue weighted by molar-refractivity contribution is 7.59. The second-order valence-corrected chi connectivity index (χ2v) is 14.5. The molecular formula is C44H43ClF2N12O4S2. The molecule has 16 nitrogen and oxygen atoms in total. The first kappa shape index (κ1) is 48.0. The van der Waals surface area contributed by atoms with Gasteiger partial charge in [-0.2, -0.15) is 41.7 Å². The van der Waals surface area contributed by atoms with Crippen LogP contribution in [0, 0.1) is 11.6 Å². The van der Waals surface area contributed by atoms with Crippen LogP contribution in [0.25, 0.3) is 55.6 Å². The summed E-state index contributed by atoms with van der Waals surface area (Å²) in [5, 5.41) is 53.0. The molecular weight excluding hydrogens is 898 g/mol. The minimum atomic E-state index is -0.786. The van der Waals surface area contributed by atoms with Crippen LogP contribution in [-0.2, 0) is 13.2 Å². The topological polar surface area (TPSA) is 237 Å². The number of hydrogen-bond donors (Lipinski definition) is 8. The van der Waals surface area contributed by atoms with E-state index in [4.69, 9.17) is 17.3 Å². The molecule has 9 N–H and O–H groups in total. The first-order chi connectivity index (χ1) is 30.6. The highest BCUT2D eigenvalue weighted by Crippen LogP contribution is 2.28. The molecule has 2 atom stereocenters. The van der Waals surface area contributed by atoms with Crippen LogP contribution >= 0.6 is 38.6 Å². The highest BCUT2D eigenvalue weighted by atomic mass is 35.5. The monoisotopic (exact) mass is 940 g/mol. The van der Waals surface area contributed by atoms with Gasteiger partial charge in [0.25, 0.3) is 0 Å². The lowest BCUT2D eigenvalue weighted by Gasteiger charge is -2.14. The summed E-state index contributed by atoms with van der Waals surface area (Å²) in [5.74, 6) is -0.381. The zero-order valence-electron chi connectivity index (χ0n) is 34.1. The molecule has 0 fully saturated rings. The molecule has 336 valence electrons. The van der Waals surface area contributed by atoms with Gasteiger partial charge in [-0.15, -0.1) is 0 Å². The van der Waals surface area contributed by atoms with Gasteiger partial charge in [0.15, 0.2) is 11.3 Å². The van der Waals surface area contributed by atoms with E-state index in [9.17, 15) is 29.2 Å². The van der Waals surface area contributed by atoms with Gasteiger partial charge in [-0.1, -0.05) is 48.0 Å². The number of benzene rings is 2. The average molecular weight is 941 g/mol. The molecule has 0 unspecified atom stereocenters. The number of para-hydroxylation sites is 2. The van der Waals surface area contributed by atoms with Crippen LogP contribution in [-0.4, -0.2) is 82.6 Å². The maximum atomic E-state index is 13.7. The minimum Gasteiger partial charge on any atom is -0.391 e. The van der Waals surface area contributed by atoms with E-state index in [1.54, 1.807) is 22.8 Å². The first-order valence-corrected chi connectivity index (χ1v) is 19.8. The van der Waals surface area contributed by atoms with E-state index >= 15 is 0 Å². The lowest BCUT2D eigenvalue weighted by Crippen LogP contribution is -2.15. The smallest absolute Gasteiger partial charge is 0.163 e. The maximum absolute atomic E-state index is 13.7. The third-order valence-corrected chi connectivity index (χ3v) is 10.3. The third kappa shape index (κ3) is 10.4. The molecule has 0 aliphatic heterocycles. The predicted molar refractivity (Wildman–Crippen MR) is 254 cm³/mol. The first-order valence-electron chi connectivity index (χ1n) is 19.4. The van der Waals surface area contributed by atoms with Gasteiger partial charge in [-0.3, -0.25) is 9.97 Å². The molecule has 0 spiro atoms. The number of aromatic amines is 2. The number of aliphatic hydroxyl groups excluding tert-OH is 4. The van der Waals surface area contributed by atoms with Gasteiger partial charge in [0, 0.05) is 105 Å². The van der Waals surface area contributed by atoms with Crippen molar-refractivity contribution in [3.63, 3.8) is 0 Å². The number of nitrogens with one attached hydrogen (secondary N) is 3. The number of hydrogen-bond acceptors (Lipinski definition) is 12. The van der Waals surface area contributed by atoms with Crippen molar-refractivity contribution in [2.24, 2.45) is 5.73 Å². The number of H-pyrrole nitrogens is 2. The number of fused-ring (bicyclic) bond motifs is 4. The van der Waals surface area contributed by atoms with E-state index in [1.165, 1.54) is 41.4 Å². The van der Waals surface area contributed by atoms with Gasteiger partial charge < -0.3 is 41.4 Å². The van der Waals surface area contributed by atoms with E-state index in [0.29, 0.717) is 55.9 Å². The van der Waals surface area contributed by atoms with Crippen LogP contribution in [0.4, 0.5) is 14.6 Å². The van der Waals surface area contributed by atoms with E-state index in [0.717, 1.165) is 45.3 Å². The van der Waals surface area contributed by atoms with E-state index < -0.39 is 23.8 Å². The van der Waals surface area contributed by atoms with Crippen molar-refractivity contribution in [3.05, 3.63) is 161 Å². The molecule has 65 heavy (non-hydrogen) atoms. The zero-order chi connectivity index (χ0) is 44.0. The Balaban J connectivity index is 0.000000176. The summed E-state index contributed by atoms with van der Waals surface area (Å²) in [6.45, 7) is 0.0222. The Kier molecular flexibility index (Phi) is 15.8. The SMILES string of the molecule is NC[C@H](O)c1c[nH]c2ccccc12.OCc1cnn2c(Cl)cc(-c3cncc(F)c3)nc12.OCc1cnn2c(NC[C@H](O)c3c[nH]c4ccccc34)cc(-c3cncc(F)c3)nc12.S.S. The van der Waals surface area contributed by atoms with Crippen molar-refractivity contribution in [2.75, 3.05) is 18.4 Å². The number of aliphatic hydroxyl groups is 4. The van der Waals surface area contributed by atoms with Crippen molar-refractivity contribution in [1.29, 1.82) is 0 Å². The van der Waals surface area contributed by atoms with E-state index in [2.05, 4.69) is 45.4 Å². The van der Waals surface area contributed by atoms with Gasteiger partial charge in [-0.05, 0) is 24.3 Å². The summed E-state index contributed by atoms with van der Waals surface area (Å²) in [6.07, 6.45) is 10.5. The standard InChI is InChI=1S/C22H19FN6O2.C12H8ClFN4O.C10H12N2O.2H2S/c23-15-5-13(7-24-9-15)19-6-21(29-22(28-19)14(12-30)8-27-29)26-11-20(31)17-10-25-18-4-2-1-3-16(17)18;13-11-2-10(7-1-9(14)5-15-3-7)17-12-8(6-19)4-16-18(11)12;11-5-10(13)8-6-12-9-4-2-1-3-7(8)9;;/h1-10,20,25-26,30-31H,11-12H2;1-5,19H,6H2;1-4,6,10,12-13H,5,11H2;2*1H2/t20-;;10-;;/m0.0../s1. The number of nitrogens with two attached hydrogens (primary N) is 1. The number of nitrogens with zero attached hydrogens (tertiary/aromatic N) is 8. The van der Waals surface area contributed by atoms with E-state index in [1.807, 2.05) is 54.7 Å². The predicted octanol–water partition coefficient (Wildman–Crippen LogP) is 6.51. The minimum absolute atomic E-state index is 0. The molecule has 21 heteroatoms. The van der Waals surface area contributed by atoms with Crippen molar-refractivity contribution in [2.45, 2.75) is 25.4 Å². The second kappa shape index (κ2) is 21.5. The molecule has 8 aromatic heterocycles. The number of pyridine rings is 2. The Morgan fingerprint density at radius 1 is 0.662 bits per heavy atom. The Morgan fingerprint density at radius 2 is 1.15 bits per heavy atom. The van der Waals surface area contributed by atoms with Gasteiger partial charge in [0.2, 0.25) is 0 Å². The van der Waals surface area contributed by atoms with Crippen LogP contribution in [0.15, 0.2) is 122 Å². The van der Waals surface area contributed by atoms with Crippen LogP contribution in [0.1, 0.15) is 34.5 Å². The zero-order valence-corrected chi connectivity index (χ0v) is 36.9. The lowest BCUT2D eigenvalue weighted by atomic mass is 10.1. The Labute approximate surface area is 387 Å². The molecule has 10 aromatic rings. The van der Waals surface area contributed by atoms with Crippen molar-refractivity contribution >= 4 is 77.5 Å². The lowest BCUT2D eigenvalue weighted by molar-refractivity contribution is 0.188. The van der Waals surface area contributed by atoms with Crippen LogP contribution in [0.3, 0.4) is 0 Å². The number of halogens is 3. The Hall–Kier alpha value is -6.49. The number of anilines is 1. The molecule has 2 aromatic carbocycles. The molecule has 0 aliphatic carbocycles. The molecule has 0 radical (unpaired) electrons. The van der Waals surface area contributed by atoms with Crippen LogP contribution in [0.2, 0.25) is 5.15 Å². The number of aromatic nitrogens is 10. The van der Waals surface area contributed by atoms with Crippen LogP contribution in [0.5, 0.6) is 0 Å². The molecule has 0 saturated carbocycles. The maximum Gasteiger partial charge on any atom is 0.163 e. The van der Waals surface area contributed by atoms with Crippen molar-refractivity contribution < 1.29 is 29.2 Å². The highest BCUT2D eigenvalue weighted by Gasteiger charge is 2.17. The summed E-state index contributed by atoms with van der Waals surface area (Å²) in [7, 11) is 0. The fourth-order valence-electron chi connectivity index (χ4n) is 6.91. The summed E-state index contributed by atoms with van der Waals surface area (Å²) < 4.78 is 29.8. The quantitative estimate of drug-likeness (QED) is 0.0686. The Bertz CT molecular complexity index is 3180. The molecule has 8 heterocycles. The molecule has 0 bridgehead atoms. The third-order valence-electron chi connectivity index (χ3n) is 10.0. The van der Waals surface area contributed by atoms with E-state index in [-0.39, 0.29) is 53.3 Å². The largest absolute Gasteiger partial charge is 0.391 e. The van der Waals surface area contributed by atoms with Gasteiger partial charge in [0.1, 0.15) is 22.6 Å². The summed E-state index contributed by atoms with van der Waals surface area (Å²) in [4.78, 5) is 22.8.